The minimum absolute atomic E-state index is 0.0349. The maximum Gasteiger partial charge on any atom is 0.147 e. The molecular formula is C8H6BrClF2. The van der Waals surface area contributed by atoms with E-state index >= 15 is 0 Å². The number of hydrogen-bond donors (Lipinski definition) is 0. The average Bonchev–Trinajstić information content (AvgIpc) is 2.06. The standard InChI is InChI=1S/C8H6BrClF2/c9-4-3-5-7(11)2-1-6(10)8(5)12/h1-2H,3-4H2. The van der Waals surface area contributed by atoms with Crippen LogP contribution in [0.15, 0.2) is 12.1 Å². The van der Waals surface area contributed by atoms with Gasteiger partial charge in [-0.25, -0.2) is 8.78 Å². The van der Waals surface area contributed by atoms with Gasteiger partial charge in [-0.2, -0.15) is 0 Å². The Morgan fingerprint density at radius 1 is 1.33 bits per heavy atom. The van der Waals surface area contributed by atoms with Crippen molar-refractivity contribution in [2.75, 3.05) is 5.33 Å². The van der Waals surface area contributed by atoms with E-state index in [1.165, 1.54) is 12.1 Å². The summed E-state index contributed by atoms with van der Waals surface area (Å²) in [6, 6.07) is 2.38. The van der Waals surface area contributed by atoms with Crippen molar-refractivity contribution in [2.45, 2.75) is 6.42 Å². The lowest BCUT2D eigenvalue weighted by molar-refractivity contribution is 0.560. The van der Waals surface area contributed by atoms with Crippen molar-refractivity contribution >= 4 is 27.5 Å². The van der Waals surface area contributed by atoms with Crippen LogP contribution in [-0.2, 0) is 6.42 Å². The third kappa shape index (κ3) is 1.96. The fraction of sp³-hybridized carbons (Fsp3) is 0.250. The number of alkyl halides is 1. The molecule has 66 valence electrons. The van der Waals surface area contributed by atoms with Crippen LogP contribution in [0, 0.1) is 11.6 Å². The summed E-state index contributed by atoms with van der Waals surface area (Å²) in [7, 11) is 0. The summed E-state index contributed by atoms with van der Waals surface area (Å²) in [6.07, 6.45) is 0.304. The SMILES string of the molecule is Fc1ccc(Cl)c(F)c1CCBr. The Morgan fingerprint density at radius 3 is 2.58 bits per heavy atom. The van der Waals surface area contributed by atoms with E-state index in [2.05, 4.69) is 15.9 Å². The van der Waals surface area contributed by atoms with E-state index < -0.39 is 11.6 Å². The zero-order chi connectivity index (χ0) is 9.14. The van der Waals surface area contributed by atoms with Crippen LogP contribution < -0.4 is 0 Å². The van der Waals surface area contributed by atoms with E-state index in [9.17, 15) is 8.78 Å². The van der Waals surface area contributed by atoms with Crippen LogP contribution in [0.2, 0.25) is 5.02 Å². The highest BCUT2D eigenvalue weighted by Gasteiger charge is 2.10. The van der Waals surface area contributed by atoms with E-state index in [1.807, 2.05) is 0 Å². The highest BCUT2D eigenvalue weighted by molar-refractivity contribution is 9.09. The van der Waals surface area contributed by atoms with E-state index in [0.29, 0.717) is 11.8 Å². The van der Waals surface area contributed by atoms with Crippen molar-refractivity contribution in [2.24, 2.45) is 0 Å². The van der Waals surface area contributed by atoms with Crippen LogP contribution in [-0.4, -0.2) is 5.33 Å². The fourth-order valence-corrected chi connectivity index (χ4v) is 1.47. The van der Waals surface area contributed by atoms with E-state index in [-0.39, 0.29) is 10.6 Å². The number of hydrogen-bond acceptors (Lipinski definition) is 0. The highest BCUT2D eigenvalue weighted by Crippen LogP contribution is 2.21. The largest absolute Gasteiger partial charge is 0.207 e. The fourth-order valence-electron chi connectivity index (χ4n) is 0.893. The Balaban J connectivity index is 3.14. The summed E-state index contributed by atoms with van der Waals surface area (Å²) in [5.41, 5.74) is 0.0411. The highest BCUT2D eigenvalue weighted by atomic mass is 79.9. The monoisotopic (exact) mass is 254 g/mol. The zero-order valence-electron chi connectivity index (χ0n) is 6.08. The van der Waals surface area contributed by atoms with Crippen molar-refractivity contribution in [1.82, 2.24) is 0 Å². The molecule has 1 aromatic carbocycles. The number of rotatable bonds is 2. The van der Waals surface area contributed by atoms with Crippen molar-refractivity contribution < 1.29 is 8.78 Å². The molecular weight excluding hydrogens is 249 g/mol. The molecule has 0 fully saturated rings. The molecule has 0 aliphatic rings. The first-order chi connectivity index (χ1) is 5.66. The molecule has 0 saturated carbocycles. The molecule has 12 heavy (non-hydrogen) atoms. The van der Waals surface area contributed by atoms with Gasteiger partial charge in [0.05, 0.1) is 5.02 Å². The van der Waals surface area contributed by atoms with Crippen LogP contribution in [0.1, 0.15) is 5.56 Å². The summed E-state index contributed by atoms with van der Waals surface area (Å²) in [5.74, 6) is -1.20. The first-order valence-electron chi connectivity index (χ1n) is 3.35. The number of halogens is 4. The minimum Gasteiger partial charge on any atom is -0.207 e. The molecule has 0 bridgehead atoms. The van der Waals surface area contributed by atoms with E-state index in [1.54, 1.807) is 0 Å². The van der Waals surface area contributed by atoms with Crippen molar-refractivity contribution in [1.29, 1.82) is 0 Å². The predicted octanol–water partition coefficient (Wildman–Crippen LogP) is 3.56. The van der Waals surface area contributed by atoms with Gasteiger partial charge in [0.25, 0.3) is 0 Å². The average molecular weight is 255 g/mol. The van der Waals surface area contributed by atoms with Crippen LogP contribution in [0.4, 0.5) is 8.78 Å². The van der Waals surface area contributed by atoms with Gasteiger partial charge in [-0.05, 0) is 18.6 Å². The molecule has 4 heteroatoms. The summed E-state index contributed by atoms with van der Waals surface area (Å²) in [5, 5.41) is 0.480. The normalized spacial score (nSPS) is 10.3. The molecule has 0 unspecified atom stereocenters. The first kappa shape index (κ1) is 9.93. The van der Waals surface area contributed by atoms with Crippen molar-refractivity contribution in [3.63, 3.8) is 0 Å². The van der Waals surface area contributed by atoms with Gasteiger partial charge in [-0.15, -0.1) is 0 Å². The molecule has 0 radical (unpaired) electrons. The predicted molar refractivity (Wildman–Crippen MR) is 48.9 cm³/mol. The van der Waals surface area contributed by atoms with Gasteiger partial charge < -0.3 is 0 Å². The molecule has 0 nitrogen and oxygen atoms in total. The molecule has 0 atom stereocenters. The first-order valence-corrected chi connectivity index (χ1v) is 4.85. The van der Waals surface area contributed by atoms with Gasteiger partial charge in [0.2, 0.25) is 0 Å². The summed E-state index contributed by atoms with van der Waals surface area (Å²) < 4.78 is 26.0. The van der Waals surface area contributed by atoms with E-state index in [4.69, 9.17) is 11.6 Å². The second-order valence-corrected chi connectivity index (χ2v) is 3.46. The minimum atomic E-state index is -0.656. The maximum absolute atomic E-state index is 13.1. The molecule has 0 aliphatic carbocycles. The van der Waals surface area contributed by atoms with Gasteiger partial charge in [-0.3, -0.25) is 0 Å². The molecule has 0 spiro atoms. The Kier molecular flexibility index (Phi) is 3.47. The van der Waals surface area contributed by atoms with Crippen molar-refractivity contribution in [3.05, 3.63) is 34.4 Å². The third-order valence-electron chi connectivity index (χ3n) is 1.48. The van der Waals surface area contributed by atoms with Crippen LogP contribution in [0.25, 0.3) is 0 Å². The third-order valence-corrected chi connectivity index (χ3v) is 2.17. The Bertz CT molecular complexity index is 289. The smallest absolute Gasteiger partial charge is 0.147 e. The summed E-state index contributed by atoms with van der Waals surface area (Å²) in [6.45, 7) is 0. The maximum atomic E-state index is 13.1. The lowest BCUT2D eigenvalue weighted by Gasteiger charge is -2.03. The van der Waals surface area contributed by atoms with E-state index in [0.717, 1.165) is 0 Å². The van der Waals surface area contributed by atoms with Gasteiger partial charge in [0, 0.05) is 10.9 Å². The molecule has 0 aromatic heterocycles. The molecule has 0 aliphatic heterocycles. The number of benzene rings is 1. The molecule has 0 heterocycles. The molecule has 0 saturated heterocycles. The van der Waals surface area contributed by atoms with Gasteiger partial charge in [-0.1, -0.05) is 27.5 Å². The lowest BCUT2D eigenvalue weighted by atomic mass is 10.1. The van der Waals surface area contributed by atoms with Crippen LogP contribution in [0.3, 0.4) is 0 Å². The van der Waals surface area contributed by atoms with Gasteiger partial charge in [0.1, 0.15) is 11.6 Å². The Labute approximate surface area is 82.7 Å². The quantitative estimate of drug-likeness (QED) is 0.560. The summed E-state index contributed by atoms with van der Waals surface area (Å²) in [4.78, 5) is 0. The Morgan fingerprint density at radius 2 is 2.00 bits per heavy atom. The van der Waals surface area contributed by atoms with Crippen molar-refractivity contribution in [3.8, 4) is 0 Å². The van der Waals surface area contributed by atoms with Crippen LogP contribution >= 0.6 is 27.5 Å². The summed E-state index contributed by atoms with van der Waals surface area (Å²) >= 11 is 8.57. The zero-order valence-corrected chi connectivity index (χ0v) is 8.42. The molecule has 1 rings (SSSR count). The molecule has 1 aromatic rings. The second kappa shape index (κ2) is 4.19. The topological polar surface area (TPSA) is 0 Å². The molecule has 0 amide bonds. The Hall–Kier alpha value is -0.150. The van der Waals surface area contributed by atoms with Gasteiger partial charge in [0.15, 0.2) is 0 Å². The van der Waals surface area contributed by atoms with Gasteiger partial charge >= 0.3 is 0 Å². The second-order valence-electron chi connectivity index (χ2n) is 2.26. The molecule has 0 N–H and O–H groups in total. The lowest BCUT2D eigenvalue weighted by Crippen LogP contribution is -1.96. The van der Waals surface area contributed by atoms with Crippen LogP contribution in [0.5, 0.6) is 0 Å².